The average Bonchev–Trinajstić information content (AvgIpc) is 3.31. The van der Waals surface area contributed by atoms with E-state index in [1.165, 1.54) is 12.1 Å². The first-order valence-electron chi connectivity index (χ1n) is 9.07. The Morgan fingerprint density at radius 2 is 2.14 bits per heavy atom. The van der Waals surface area contributed by atoms with E-state index >= 15 is 0 Å². The molecule has 0 bridgehead atoms. The smallest absolute Gasteiger partial charge is 0.345 e. The number of rotatable bonds is 4. The summed E-state index contributed by atoms with van der Waals surface area (Å²) in [5.74, 6) is 0.510. The monoisotopic (exact) mass is 382 g/mol. The van der Waals surface area contributed by atoms with Crippen molar-refractivity contribution in [1.82, 2.24) is 19.9 Å². The lowest BCUT2D eigenvalue weighted by Crippen LogP contribution is -2.33. The summed E-state index contributed by atoms with van der Waals surface area (Å²) in [6.07, 6.45) is 3.66. The highest BCUT2D eigenvalue weighted by Crippen LogP contribution is 2.32. The number of benzene rings is 1. The van der Waals surface area contributed by atoms with Gasteiger partial charge in [0.05, 0.1) is 6.20 Å². The third-order valence-electron chi connectivity index (χ3n) is 4.76. The Morgan fingerprint density at radius 3 is 2.89 bits per heavy atom. The van der Waals surface area contributed by atoms with E-state index in [1.54, 1.807) is 36.2 Å². The average molecular weight is 382 g/mol. The van der Waals surface area contributed by atoms with Crippen LogP contribution in [0, 0.1) is 12.7 Å². The maximum Gasteiger partial charge on any atom is 0.345 e. The number of halogens is 1. The molecular weight excluding hydrogens is 363 g/mol. The fraction of sp³-hybridized carbons (Fsp3) is 0.300. The van der Waals surface area contributed by atoms with Gasteiger partial charge in [-0.25, -0.2) is 14.2 Å². The Kier molecular flexibility index (Phi) is 4.77. The molecule has 3 heterocycles. The summed E-state index contributed by atoms with van der Waals surface area (Å²) >= 11 is 0. The summed E-state index contributed by atoms with van der Waals surface area (Å²) in [7, 11) is 0. The molecule has 7 nitrogen and oxygen atoms in total. The van der Waals surface area contributed by atoms with Gasteiger partial charge in [-0.2, -0.15) is 4.98 Å². The normalized spacial score (nSPS) is 16.5. The number of nitrogens with one attached hydrogen (secondary N) is 1. The molecule has 0 aliphatic carbocycles. The fourth-order valence-corrected chi connectivity index (χ4v) is 3.46. The van der Waals surface area contributed by atoms with Gasteiger partial charge in [-0.05, 0) is 43.5 Å². The van der Waals surface area contributed by atoms with E-state index < -0.39 is 5.69 Å². The van der Waals surface area contributed by atoms with Crippen molar-refractivity contribution in [2.75, 3.05) is 6.54 Å². The molecule has 1 aromatic carbocycles. The third-order valence-corrected chi connectivity index (χ3v) is 4.76. The Labute approximate surface area is 160 Å². The van der Waals surface area contributed by atoms with Crippen LogP contribution in [0.5, 0.6) is 0 Å². The topological polar surface area (TPSA) is 92.1 Å². The summed E-state index contributed by atoms with van der Waals surface area (Å²) in [4.78, 5) is 36.8. The Bertz CT molecular complexity index is 1060. The largest absolute Gasteiger partial charge is 0.443 e. The minimum absolute atomic E-state index is 0.117. The molecule has 0 radical (unpaired) electrons. The van der Waals surface area contributed by atoms with E-state index in [0.29, 0.717) is 30.3 Å². The second-order valence-corrected chi connectivity index (χ2v) is 6.88. The van der Waals surface area contributed by atoms with Crippen molar-refractivity contribution in [2.24, 2.45) is 0 Å². The molecule has 28 heavy (non-hydrogen) atoms. The summed E-state index contributed by atoms with van der Waals surface area (Å²) in [6, 6.07) is 7.47. The van der Waals surface area contributed by atoms with Crippen LogP contribution in [0.15, 0.2) is 45.7 Å². The predicted molar refractivity (Wildman–Crippen MR) is 98.3 cm³/mol. The van der Waals surface area contributed by atoms with Crippen molar-refractivity contribution in [3.63, 3.8) is 0 Å². The van der Waals surface area contributed by atoms with E-state index in [4.69, 9.17) is 4.42 Å². The first-order valence-corrected chi connectivity index (χ1v) is 9.07. The maximum absolute atomic E-state index is 13.0. The Morgan fingerprint density at radius 1 is 1.36 bits per heavy atom. The second-order valence-electron chi connectivity index (χ2n) is 6.88. The van der Waals surface area contributed by atoms with Gasteiger partial charge < -0.3 is 14.3 Å². The van der Waals surface area contributed by atoms with E-state index in [9.17, 15) is 14.0 Å². The molecule has 0 saturated carbocycles. The number of hydrogen-bond acceptors (Lipinski definition) is 5. The first kappa shape index (κ1) is 18.1. The number of aromatic nitrogens is 3. The molecule has 0 unspecified atom stereocenters. The Hall–Kier alpha value is -3.29. The quantitative estimate of drug-likeness (QED) is 0.749. The lowest BCUT2D eigenvalue weighted by molar-refractivity contribution is 0.0708. The number of aromatic amines is 1. The number of oxazole rings is 1. The molecule has 144 valence electrons. The number of nitrogens with zero attached hydrogens (tertiary/aromatic N) is 3. The van der Waals surface area contributed by atoms with Crippen LogP contribution in [0.2, 0.25) is 0 Å². The molecule has 1 fully saturated rings. The van der Waals surface area contributed by atoms with Crippen LogP contribution in [-0.4, -0.2) is 32.3 Å². The van der Waals surface area contributed by atoms with Gasteiger partial charge in [-0.15, -0.1) is 0 Å². The lowest BCUT2D eigenvalue weighted by Gasteiger charge is -2.21. The van der Waals surface area contributed by atoms with Gasteiger partial charge in [0.25, 0.3) is 5.91 Å². The molecule has 3 aromatic rings. The number of carbonyl (C=O) groups is 1. The van der Waals surface area contributed by atoms with Gasteiger partial charge in [0.1, 0.15) is 23.3 Å². The van der Waals surface area contributed by atoms with Gasteiger partial charge in [-0.3, -0.25) is 4.79 Å². The molecule has 8 heteroatoms. The highest BCUT2D eigenvalue weighted by Gasteiger charge is 2.34. The van der Waals surface area contributed by atoms with Crippen LogP contribution in [0.1, 0.15) is 52.3 Å². The summed E-state index contributed by atoms with van der Waals surface area (Å²) in [5, 5.41) is 0. The minimum Gasteiger partial charge on any atom is -0.443 e. The highest BCUT2D eigenvalue weighted by molar-refractivity contribution is 5.92. The van der Waals surface area contributed by atoms with Crippen molar-refractivity contribution >= 4 is 5.91 Å². The Balaban J connectivity index is 1.53. The maximum atomic E-state index is 13.0. The van der Waals surface area contributed by atoms with Crippen molar-refractivity contribution in [3.05, 3.63) is 81.4 Å². The minimum atomic E-state index is -0.545. The van der Waals surface area contributed by atoms with Gasteiger partial charge in [-0.1, -0.05) is 12.1 Å². The molecule has 1 N–H and O–H groups in total. The molecular formula is C20H19FN4O3. The van der Waals surface area contributed by atoms with Crippen LogP contribution in [0.3, 0.4) is 0 Å². The standard InChI is InChI=1S/C20H19FN4O3/c1-12-9-16(24-20(27)23-12)19(26)25-8-2-3-17(25)18-22-11-15(28-18)10-13-4-6-14(21)7-5-13/h4-7,9,11,17H,2-3,8,10H2,1H3,(H,23,24,27)/t17-/m0/s1. The van der Waals surface area contributed by atoms with Gasteiger partial charge in [0, 0.05) is 18.7 Å². The van der Waals surface area contributed by atoms with E-state index in [2.05, 4.69) is 15.0 Å². The summed E-state index contributed by atoms with van der Waals surface area (Å²) < 4.78 is 18.9. The SMILES string of the molecule is Cc1cc(C(=O)N2CCC[C@H]2c2ncc(Cc3ccc(F)cc3)o2)nc(=O)[nH]1. The highest BCUT2D eigenvalue weighted by atomic mass is 19.1. The van der Waals surface area contributed by atoms with Crippen LogP contribution in [-0.2, 0) is 6.42 Å². The third kappa shape index (κ3) is 3.71. The number of carbonyl (C=O) groups excluding carboxylic acids is 1. The van der Waals surface area contributed by atoms with Crippen molar-refractivity contribution in [1.29, 1.82) is 0 Å². The molecule has 2 aromatic heterocycles. The zero-order valence-corrected chi connectivity index (χ0v) is 15.3. The number of H-pyrrole nitrogens is 1. The van der Waals surface area contributed by atoms with Crippen molar-refractivity contribution in [2.45, 2.75) is 32.2 Å². The zero-order valence-electron chi connectivity index (χ0n) is 15.3. The zero-order chi connectivity index (χ0) is 19.7. The van der Waals surface area contributed by atoms with Crippen molar-refractivity contribution < 1.29 is 13.6 Å². The molecule has 4 rings (SSSR count). The summed E-state index contributed by atoms with van der Waals surface area (Å²) in [6.45, 7) is 2.25. The van der Waals surface area contributed by atoms with Crippen LogP contribution < -0.4 is 5.69 Å². The van der Waals surface area contributed by atoms with Gasteiger partial charge in [0.2, 0.25) is 5.89 Å². The van der Waals surface area contributed by atoms with E-state index in [1.807, 2.05) is 0 Å². The molecule has 1 aliphatic rings. The van der Waals surface area contributed by atoms with Crippen LogP contribution >= 0.6 is 0 Å². The van der Waals surface area contributed by atoms with E-state index in [0.717, 1.165) is 18.4 Å². The summed E-state index contributed by atoms with van der Waals surface area (Å²) in [5.41, 5.74) is 1.06. The fourth-order valence-electron chi connectivity index (χ4n) is 3.46. The molecule has 0 spiro atoms. The van der Waals surface area contributed by atoms with Crippen LogP contribution in [0.25, 0.3) is 0 Å². The molecule has 1 amide bonds. The van der Waals surface area contributed by atoms with E-state index in [-0.39, 0.29) is 23.5 Å². The predicted octanol–water partition coefficient (Wildman–Crippen LogP) is 2.77. The number of hydrogen-bond donors (Lipinski definition) is 1. The molecule has 1 saturated heterocycles. The molecule has 1 aliphatic heterocycles. The van der Waals surface area contributed by atoms with Gasteiger partial charge >= 0.3 is 5.69 Å². The first-order chi connectivity index (χ1) is 13.5. The molecule has 1 atom stereocenters. The van der Waals surface area contributed by atoms with Crippen molar-refractivity contribution in [3.8, 4) is 0 Å². The number of likely N-dealkylation sites (tertiary alicyclic amines) is 1. The second kappa shape index (κ2) is 7.38. The van der Waals surface area contributed by atoms with Gasteiger partial charge in [0.15, 0.2) is 0 Å². The number of aryl methyl sites for hydroxylation is 1. The number of amides is 1. The lowest BCUT2D eigenvalue weighted by atomic mass is 10.1. The van der Waals surface area contributed by atoms with Crippen LogP contribution in [0.4, 0.5) is 4.39 Å².